The molecule has 0 heterocycles. The molecule has 4 rings (SSSR count). The SMILES string of the molecule is O=C(NCCO)C1=C[C@H](Oc2ccccc2I)[C@@H](O)[C@H](N(Cc2ccc(Cl)c(Cl)c2)C(=O)Cc2ccccc2)C1. The molecule has 1 aliphatic carbocycles. The largest absolute Gasteiger partial charge is 0.482 e. The van der Waals surface area contributed by atoms with Crippen molar-refractivity contribution in [1.82, 2.24) is 10.2 Å². The highest BCUT2D eigenvalue weighted by atomic mass is 127. The van der Waals surface area contributed by atoms with Gasteiger partial charge < -0.3 is 25.2 Å². The van der Waals surface area contributed by atoms with Gasteiger partial charge in [-0.05, 0) is 64.1 Å². The van der Waals surface area contributed by atoms with Gasteiger partial charge in [-0.25, -0.2) is 0 Å². The number of carbonyl (C=O) groups is 2. The Balaban J connectivity index is 1.71. The Hall–Kier alpha value is -2.63. The van der Waals surface area contributed by atoms with Crippen molar-refractivity contribution in [2.75, 3.05) is 13.2 Å². The predicted octanol–water partition coefficient (Wildman–Crippen LogP) is 4.79. The van der Waals surface area contributed by atoms with Gasteiger partial charge in [-0.15, -0.1) is 0 Å². The summed E-state index contributed by atoms with van der Waals surface area (Å²) in [6.45, 7) is -0.0108. The molecule has 0 fully saturated rings. The zero-order valence-electron chi connectivity index (χ0n) is 21.5. The second-order valence-electron chi connectivity index (χ2n) is 9.38. The molecule has 0 saturated carbocycles. The maximum Gasteiger partial charge on any atom is 0.247 e. The molecular formula is C30H29Cl2IN2O5. The number of halogens is 3. The molecule has 0 unspecified atom stereocenters. The van der Waals surface area contributed by atoms with Gasteiger partial charge in [0.15, 0.2) is 0 Å². The summed E-state index contributed by atoms with van der Waals surface area (Å²) < 4.78 is 7.04. The van der Waals surface area contributed by atoms with Crippen molar-refractivity contribution in [2.45, 2.75) is 37.6 Å². The van der Waals surface area contributed by atoms with E-state index in [9.17, 15) is 19.8 Å². The summed E-state index contributed by atoms with van der Waals surface area (Å²) in [4.78, 5) is 28.5. The van der Waals surface area contributed by atoms with Gasteiger partial charge in [-0.1, -0.05) is 71.7 Å². The van der Waals surface area contributed by atoms with Crippen LogP contribution >= 0.6 is 45.8 Å². The van der Waals surface area contributed by atoms with Crippen LogP contribution < -0.4 is 10.1 Å². The van der Waals surface area contributed by atoms with Crippen molar-refractivity contribution in [3.05, 3.63) is 109 Å². The van der Waals surface area contributed by atoms with E-state index in [-0.39, 0.29) is 38.4 Å². The Morgan fingerprint density at radius 1 is 1.00 bits per heavy atom. The van der Waals surface area contributed by atoms with E-state index in [0.717, 1.165) is 14.7 Å². The van der Waals surface area contributed by atoms with Crippen LogP contribution in [0.2, 0.25) is 10.0 Å². The van der Waals surface area contributed by atoms with E-state index in [1.54, 1.807) is 35.2 Å². The highest BCUT2D eigenvalue weighted by Crippen LogP contribution is 2.31. The van der Waals surface area contributed by atoms with E-state index < -0.39 is 24.2 Å². The lowest BCUT2D eigenvalue weighted by Gasteiger charge is -2.40. The summed E-state index contributed by atoms with van der Waals surface area (Å²) >= 11 is 14.5. The number of benzene rings is 3. The van der Waals surface area contributed by atoms with E-state index in [1.807, 2.05) is 48.5 Å². The third kappa shape index (κ3) is 7.76. The molecule has 3 N–H and O–H groups in total. The molecule has 40 heavy (non-hydrogen) atoms. The van der Waals surface area contributed by atoms with Gasteiger partial charge in [0.1, 0.15) is 18.0 Å². The number of ether oxygens (including phenoxy) is 1. The number of aliphatic hydroxyl groups excluding tert-OH is 2. The Morgan fingerprint density at radius 3 is 2.42 bits per heavy atom. The smallest absolute Gasteiger partial charge is 0.247 e. The Bertz CT molecular complexity index is 1370. The van der Waals surface area contributed by atoms with Crippen molar-refractivity contribution in [1.29, 1.82) is 0 Å². The summed E-state index contributed by atoms with van der Waals surface area (Å²) in [5.41, 5.74) is 1.89. The van der Waals surface area contributed by atoms with Crippen molar-refractivity contribution in [3.63, 3.8) is 0 Å². The van der Waals surface area contributed by atoms with Crippen molar-refractivity contribution < 1.29 is 24.5 Å². The Labute approximate surface area is 256 Å². The second-order valence-corrected chi connectivity index (χ2v) is 11.4. The molecule has 7 nitrogen and oxygen atoms in total. The monoisotopic (exact) mass is 694 g/mol. The molecule has 0 radical (unpaired) electrons. The normalized spacial score (nSPS) is 18.5. The number of nitrogens with zero attached hydrogens (tertiary/aromatic N) is 1. The molecule has 10 heteroatoms. The first kappa shape index (κ1) is 30.3. The fraction of sp³-hybridized carbons (Fsp3) is 0.267. The van der Waals surface area contributed by atoms with E-state index in [2.05, 4.69) is 27.9 Å². The van der Waals surface area contributed by atoms with Gasteiger partial charge in [0, 0.05) is 25.1 Å². The van der Waals surface area contributed by atoms with E-state index in [4.69, 9.17) is 27.9 Å². The summed E-state index contributed by atoms with van der Waals surface area (Å²) in [6.07, 6.45) is -0.274. The van der Waals surface area contributed by atoms with Gasteiger partial charge in [0.05, 0.1) is 32.7 Å². The highest BCUT2D eigenvalue weighted by molar-refractivity contribution is 14.1. The third-order valence-corrected chi connectivity index (χ3v) is 8.20. The van der Waals surface area contributed by atoms with Gasteiger partial charge in [-0.2, -0.15) is 0 Å². The zero-order chi connectivity index (χ0) is 28.6. The molecule has 2 amide bonds. The average molecular weight is 695 g/mol. The fourth-order valence-corrected chi connectivity index (χ4v) is 5.40. The lowest BCUT2D eigenvalue weighted by molar-refractivity contribution is -0.138. The second kappa shape index (κ2) is 14.3. The summed E-state index contributed by atoms with van der Waals surface area (Å²) in [5, 5.41) is 24.3. The van der Waals surface area contributed by atoms with E-state index >= 15 is 0 Å². The summed E-state index contributed by atoms with van der Waals surface area (Å²) in [7, 11) is 0. The number of aliphatic hydroxyl groups is 2. The number of hydrogen-bond donors (Lipinski definition) is 3. The lowest BCUT2D eigenvalue weighted by atomic mass is 9.87. The molecule has 3 atom stereocenters. The fourth-order valence-electron chi connectivity index (χ4n) is 4.56. The van der Waals surface area contributed by atoms with Gasteiger partial charge in [0.25, 0.3) is 0 Å². The van der Waals surface area contributed by atoms with Crippen LogP contribution in [-0.4, -0.2) is 58.3 Å². The number of carbonyl (C=O) groups excluding carboxylic acids is 2. The van der Waals surface area contributed by atoms with Gasteiger partial charge in [-0.3, -0.25) is 9.59 Å². The van der Waals surface area contributed by atoms with Crippen LogP contribution in [0.4, 0.5) is 0 Å². The number of hydrogen-bond acceptors (Lipinski definition) is 5. The number of amides is 2. The summed E-state index contributed by atoms with van der Waals surface area (Å²) in [5.74, 6) is -0.0792. The average Bonchev–Trinajstić information content (AvgIpc) is 2.95. The third-order valence-electron chi connectivity index (χ3n) is 6.57. The number of nitrogens with one attached hydrogen (secondary N) is 1. The van der Waals surface area contributed by atoms with E-state index in [0.29, 0.717) is 21.4 Å². The first-order valence-corrected chi connectivity index (χ1v) is 14.6. The van der Waals surface area contributed by atoms with Crippen LogP contribution in [0.3, 0.4) is 0 Å². The summed E-state index contributed by atoms with van der Waals surface area (Å²) in [6, 6.07) is 21.0. The molecule has 1 aliphatic rings. The van der Waals surface area contributed by atoms with Crippen LogP contribution in [-0.2, 0) is 22.6 Å². The van der Waals surface area contributed by atoms with Gasteiger partial charge in [0.2, 0.25) is 11.8 Å². The standard InChI is InChI=1S/C30H29Cl2IN2O5/c31-22-11-10-20(14-23(22)32)18-35(28(37)15-19-6-2-1-3-7-19)25-16-21(30(39)34-12-13-36)17-27(29(25)38)40-26-9-5-4-8-24(26)33/h1-11,14,17,25,27,29,36,38H,12-13,15-16,18H2,(H,34,39)/t25-,27+,29+/m1/s1. The molecule has 3 aromatic carbocycles. The van der Waals surface area contributed by atoms with Crippen molar-refractivity contribution >= 4 is 57.6 Å². The molecule has 0 aromatic heterocycles. The van der Waals surface area contributed by atoms with Crippen LogP contribution in [0.15, 0.2) is 84.4 Å². The Kier molecular flexibility index (Phi) is 10.9. The highest BCUT2D eigenvalue weighted by Gasteiger charge is 2.40. The maximum atomic E-state index is 13.8. The van der Waals surface area contributed by atoms with Crippen molar-refractivity contribution in [2.24, 2.45) is 0 Å². The van der Waals surface area contributed by atoms with Crippen LogP contribution in [0.1, 0.15) is 17.5 Å². The number of para-hydroxylation sites is 1. The first-order valence-electron chi connectivity index (χ1n) is 12.7. The Morgan fingerprint density at radius 2 is 1.73 bits per heavy atom. The maximum absolute atomic E-state index is 13.8. The topological polar surface area (TPSA) is 99.1 Å². The molecule has 0 saturated heterocycles. The number of rotatable bonds is 10. The molecule has 0 aliphatic heterocycles. The molecule has 0 spiro atoms. The quantitative estimate of drug-likeness (QED) is 0.266. The van der Waals surface area contributed by atoms with Gasteiger partial charge >= 0.3 is 0 Å². The minimum Gasteiger partial charge on any atom is -0.482 e. The van der Waals surface area contributed by atoms with Crippen LogP contribution in [0.5, 0.6) is 5.75 Å². The molecular weight excluding hydrogens is 666 g/mol. The zero-order valence-corrected chi connectivity index (χ0v) is 25.1. The molecule has 0 bridgehead atoms. The predicted molar refractivity (Wildman–Crippen MR) is 163 cm³/mol. The minimum atomic E-state index is -1.15. The molecule has 210 valence electrons. The van der Waals surface area contributed by atoms with E-state index in [1.165, 1.54) is 0 Å². The van der Waals surface area contributed by atoms with Crippen LogP contribution in [0.25, 0.3) is 0 Å². The lowest BCUT2D eigenvalue weighted by Crippen LogP contribution is -2.55. The van der Waals surface area contributed by atoms with Crippen molar-refractivity contribution in [3.8, 4) is 5.75 Å². The first-order chi connectivity index (χ1) is 19.3. The van der Waals surface area contributed by atoms with Crippen LogP contribution in [0, 0.1) is 3.57 Å². The minimum absolute atomic E-state index is 0.0748. The molecule has 3 aromatic rings.